The number of ether oxygens (including phenoxy) is 1. The summed E-state index contributed by atoms with van der Waals surface area (Å²) in [6.07, 6.45) is 1.23. The quantitative estimate of drug-likeness (QED) is 0.905. The van der Waals surface area contributed by atoms with Gasteiger partial charge in [0, 0.05) is 17.1 Å². The summed E-state index contributed by atoms with van der Waals surface area (Å²) in [6.45, 7) is 2.41. The molecular formula is C12H17BrFNO. The van der Waals surface area contributed by atoms with Gasteiger partial charge < -0.3 is 10.5 Å². The Bertz CT molecular complexity index is 359. The van der Waals surface area contributed by atoms with Gasteiger partial charge in [-0.25, -0.2) is 4.39 Å². The van der Waals surface area contributed by atoms with Gasteiger partial charge in [-0.05, 0) is 30.5 Å². The van der Waals surface area contributed by atoms with Crippen LogP contribution in [0.5, 0.6) is 0 Å². The van der Waals surface area contributed by atoms with Crippen LogP contribution in [0.3, 0.4) is 0 Å². The molecule has 2 N–H and O–H groups in total. The molecule has 2 nitrogen and oxygen atoms in total. The molecule has 0 aliphatic carbocycles. The van der Waals surface area contributed by atoms with E-state index in [1.54, 1.807) is 13.2 Å². The Morgan fingerprint density at radius 1 is 1.50 bits per heavy atom. The lowest BCUT2D eigenvalue weighted by Gasteiger charge is -2.27. The average Bonchev–Trinajstić information content (AvgIpc) is 2.23. The van der Waals surface area contributed by atoms with E-state index in [2.05, 4.69) is 15.9 Å². The van der Waals surface area contributed by atoms with Crippen LogP contribution in [0.25, 0.3) is 0 Å². The lowest BCUT2D eigenvalue weighted by atomic mass is 9.90. The van der Waals surface area contributed by atoms with Gasteiger partial charge in [-0.15, -0.1) is 0 Å². The standard InChI is InChI=1S/C12H17BrFNO/c1-3-12(15,8-16-2)7-9-4-5-10(13)6-11(9)14/h4-6H,3,7-8,15H2,1-2H3. The maximum Gasteiger partial charge on any atom is 0.127 e. The summed E-state index contributed by atoms with van der Waals surface area (Å²) in [7, 11) is 1.61. The summed E-state index contributed by atoms with van der Waals surface area (Å²) in [4.78, 5) is 0. The highest BCUT2D eigenvalue weighted by Crippen LogP contribution is 2.21. The van der Waals surface area contributed by atoms with Gasteiger partial charge in [0.2, 0.25) is 0 Å². The van der Waals surface area contributed by atoms with Gasteiger partial charge in [0.05, 0.1) is 6.61 Å². The Morgan fingerprint density at radius 2 is 2.19 bits per heavy atom. The molecule has 0 fully saturated rings. The van der Waals surface area contributed by atoms with Gasteiger partial charge in [-0.1, -0.05) is 28.9 Å². The largest absolute Gasteiger partial charge is 0.383 e. The van der Waals surface area contributed by atoms with E-state index in [1.807, 2.05) is 13.0 Å². The molecule has 1 aromatic rings. The zero-order valence-electron chi connectivity index (χ0n) is 9.59. The molecule has 0 spiro atoms. The van der Waals surface area contributed by atoms with E-state index in [0.717, 1.165) is 10.9 Å². The third kappa shape index (κ3) is 3.54. The number of hydrogen-bond donors (Lipinski definition) is 1. The summed E-state index contributed by atoms with van der Waals surface area (Å²) in [5, 5.41) is 0. The molecule has 90 valence electrons. The first-order valence-corrected chi connectivity index (χ1v) is 6.02. The third-order valence-electron chi connectivity index (χ3n) is 2.69. The first-order chi connectivity index (χ1) is 7.50. The number of halogens is 2. The Balaban J connectivity index is 2.85. The smallest absolute Gasteiger partial charge is 0.127 e. The first-order valence-electron chi connectivity index (χ1n) is 5.22. The van der Waals surface area contributed by atoms with E-state index in [0.29, 0.717) is 18.6 Å². The van der Waals surface area contributed by atoms with E-state index >= 15 is 0 Å². The second-order valence-corrected chi connectivity index (χ2v) is 4.98. The summed E-state index contributed by atoms with van der Waals surface area (Å²) in [5.41, 5.74) is 6.28. The Hall–Kier alpha value is -0.450. The zero-order valence-corrected chi connectivity index (χ0v) is 11.2. The molecule has 1 atom stereocenters. The molecule has 0 saturated heterocycles. The highest BCUT2D eigenvalue weighted by atomic mass is 79.9. The van der Waals surface area contributed by atoms with Crippen LogP contribution >= 0.6 is 15.9 Å². The summed E-state index contributed by atoms with van der Waals surface area (Å²) < 4.78 is 19.4. The van der Waals surface area contributed by atoms with E-state index in [9.17, 15) is 4.39 Å². The van der Waals surface area contributed by atoms with Gasteiger partial charge in [-0.2, -0.15) is 0 Å². The lowest BCUT2D eigenvalue weighted by Crippen LogP contribution is -2.46. The van der Waals surface area contributed by atoms with Crippen molar-refractivity contribution in [3.8, 4) is 0 Å². The van der Waals surface area contributed by atoms with Crippen molar-refractivity contribution in [1.82, 2.24) is 0 Å². The van der Waals surface area contributed by atoms with Crippen molar-refractivity contribution in [2.24, 2.45) is 5.73 Å². The van der Waals surface area contributed by atoms with Crippen molar-refractivity contribution in [2.75, 3.05) is 13.7 Å². The molecule has 0 radical (unpaired) electrons. The maximum atomic E-state index is 13.6. The van der Waals surface area contributed by atoms with Gasteiger partial charge in [0.25, 0.3) is 0 Å². The minimum absolute atomic E-state index is 0.228. The van der Waals surface area contributed by atoms with E-state index in [1.165, 1.54) is 6.07 Å². The SMILES string of the molecule is CCC(N)(COC)Cc1ccc(Br)cc1F. The summed E-state index contributed by atoms with van der Waals surface area (Å²) in [5.74, 6) is -0.228. The average molecular weight is 290 g/mol. The van der Waals surface area contributed by atoms with Gasteiger partial charge >= 0.3 is 0 Å². The third-order valence-corrected chi connectivity index (χ3v) is 3.19. The maximum absolute atomic E-state index is 13.6. The second-order valence-electron chi connectivity index (χ2n) is 4.06. The van der Waals surface area contributed by atoms with Crippen molar-refractivity contribution < 1.29 is 9.13 Å². The second kappa shape index (κ2) is 5.75. The summed E-state index contributed by atoms with van der Waals surface area (Å²) in [6, 6.07) is 5.03. The molecule has 1 rings (SSSR count). The van der Waals surface area contributed by atoms with Gasteiger partial charge in [0.15, 0.2) is 0 Å². The van der Waals surface area contributed by atoms with Crippen LogP contribution in [0.15, 0.2) is 22.7 Å². The monoisotopic (exact) mass is 289 g/mol. The number of hydrogen-bond acceptors (Lipinski definition) is 2. The molecule has 0 heterocycles. The normalized spacial score (nSPS) is 14.8. The zero-order chi connectivity index (χ0) is 12.2. The Labute approximate surface area is 104 Å². The molecular weight excluding hydrogens is 273 g/mol. The Morgan fingerprint density at radius 3 is 2.69 bits per heavy atom. The molecule has 1 aromatic carbocycles. The van der Waals surface area contributed by atoms with E-state index in [-0.39, 0.29) is 5.82 Å². The number of nitrogens with two attached hydrogens (primary N) is 1. The molecule has 0 amide bonds. The van der Waals surface area contributed by atoms with Crippen LogP contribution in [-0.4, -0.2) is 19.3 Å². The molecule has 0 aliphatic rings. The highest BCUT2D eigenvalue weighted by Gasteiger charge is 2.24. The number of rotatable bonds is 5. The number of benzene rings is 1. The van der Waals surface area contributed by atoms with Crippen molar-refractivity contribution >= 4 is 15.9 Å². The fourth-order valence-corrected chi connectivity index (χ4v) is 1.94. The molecule has 4 heteroatoms. The van der Waals surface area contributed by atoms with Crippen LogP contribution in [0.4, 0.5) is 4.39 Å². The van der Waals surface area contributed by atoms with Crippen molar-refractivity contribution in [3.05, 3.63) is 34.1 Å². The van der Waals surface area contributed by atoms with Gasteiger partial charge in [0.1, 0.15) is 5.82 Å². The fourth-order valence-electron chi connectivity index (χ4n) is 1.61. The van der Waals surface area contributed by atoms with Gasteiger partial charge in [-0.3, -0.25) is 0 Å². The van der Waals surface area contributed by atoms with Crippen LogP contribution in [0.1, 0.15) is 18.9 Å². The predicted octanol–water partition coefficient (Wildman–Crippen LogP) is 2.88. The van der Waals surface area contributed by atoms with E-state index < -0.39 is 5.54 Å². The van der Waals surface area contributed by atoms with Crippen LogP contribution in [0, 0.1) is 5.82 Å². The topological polar surface area (TPSA) is 35.2 Å². The molecule has 1 unspecified atom stereocenters. The molecule has 0 bridgehead atoms. The molecule has 0 aliphatic heterocycles. The minimum atomic E-state index is -0.497. The predicted molar refractivity (Wildman–Crippen MR) is 66.9 cm³/mol. The molecule has 0 saturated carbocycles. The number of methoxy groups -OCH3 is 1. The Kier molecular flexibility index (Phi) is 4.89. The molecule has 16 heavy (non-hydrogen) atoms. The van der Waals surface area contributed by atoms with Crippen LogP contribution in [0.2, 0.25) is 0 Å². The van der Waals surface area contributed by atoms with Crippen LogP contribution in [-0.2, 0) is 11.2 Å². The molecule has 0 aromatic heterocycles. The van der Waals surface area contributed by atoms with Crippen molar-refractivity contribution in [1.29, 1.82) is 0 Å². The minimum Gasteiger partial charge on any atom is -0.383 e. The van der Waals surface area contributed by atoms with E-state index in [4.69, 9.17) is 10.5 Å². The highest BCUT2D eigenvalue weighted by molar-refractivity contribution is 9.10. The summed E-state index contributed by atoms with van der Waals surface area (Å²) >= 11 is 3.23. The fraction of sp³-hybridized carbons (Fsp3) is 0.500. The van der Waals surface area contributed by atoms with Crippen molar-refractivity contribution in [2.45, 2.75) is 25.3 Å². The van der Waals surface area contributed by atoms with Crippen molar-refractivity contribution in [3.63, 3.8) is 0 Å². The lowest BCUT2D eigenvalue weighted by molar-refractivity contribution is 0.129. The first kappa shape index (κ1) is 13.6. The van der Waals surface area contributed by atoms with Crippen LogP contribution < -0.4 is 5.73 Å².